The van der Waals surface area contributed by atoms with E-state index in [-0.39, 0.29) is 17.9 Å². The SMILES string of the molecule is COC1CCC(C(=O)Nc2cc3cc(-c4cnn(C)c4)cnc3cn2)CC1. The molecule has 3 aromatic heterocycles. The van der Waals surface area contributed by atoms with Gasteiger partial charge in [-0.25, -0.2) is 4.98 Å². The van der Waals surface area contributed by atoms with E-state index in [4.69, 9.17) is 4.74 Å². The first-order valence-electron chi connectivity index (χ1n) is 9.21. The van der Waals surface area contributed by atoms with Gasteiger partial charge in [-0.15, -0.1) is 0 Å². The number of hydrogen-bond donors (Lipinski definition) is 1. The maximum Gasteiger partial charge on any atom is 0.228 e. The highest BCUT2D eigenvalue weighted by Crippen LogP contribution is 2.27. The number of ether oxygens (including phenoxy) is 1. The zero-order chi connectivity index (χ0) is 18.8. The van der Waals surface area contributed by atoms with Gasteiger partial charge in [0.25, 0.3) is 0 Å². The summed E-state index contributed by atoms with van der Waals surface area (Å²) in [6.45, 7) is 0. The van der Waals surface area contributed by atoms with Crippen LogP contribution in [0.3, 0.4) is 0 Å². The Labute approximate surface area is 157 Å². The lowest BCUT2D eigenvalue weighted by Gasteiger charge is -2.26. The van der Waals surface area contributed by atoms with Crippen LogP contribution in [-0.2, 0) is 16.6 Å². The molecule has 0 spiro atoms. The van der Waals surface area contributed by atoms with Crippen LogP contribution in [0.4, 0.5) is 5.82 Å². The molecule has 27 heavy (non-hydrogen) atoms. The molecule has 1 amide bonds. The first-order valence-corrected chi connectivity index (χ1v) is 9.21. The van der Waals surface area contributed by atoms with Gasteiger partial charge in [-0.05, 0) is 37.8 Å². The van der Waals surface area contributed by atoms with E-state index in [1.54, 1.807) is 18.0 Å². The largest absolute Gasteiger partial charge is 0.381 e. The Balaban J connectivity index is 1.51. The molecule has 7 heteroatoms. The van der Waals surface area contributed by atoms with Crippen molar-refractivity contribution in [3.8, 4) is 11.1 Å². The van der Waals surface area contributed by atoms with E-state index >= 15 is 0 Å². The van der Waals surface area contributed by atoms with Crippen molar-refractivity contribution in [2.45, 2.75) is 31.8 Å². The number of carbonyl (C=O) groups excluding carboxylic acids is 1. The average molecular weight is 365 g/mol. The normalized spacial score (nSPS) is 19.9. The first-order chi connectivity index (χ1) is 13.1. The van der Waals surface area contributed by atoms with Crippen LogP contribution in [0, 0.1) is 5.92 Å². The lowest BCUT2D eigenvalue weighted by Crippen LogP contribution is -2.29. The predicted octanol–water partition coefficient (Wildman–Crippen LogP) is 3.17. The van der Waals surface area contributed by atoms with Gasteiger partial charge in [-0.2, -0.15) is 5.10 Å². The van der Waals surface area contributed by atoms with Crippen LogP contribution in [0.2, 0.25) is 0 Å². The Hall–Kier alpha value is -2.80. The number of rotatable bonds is 4. The number of pyridine rings is 2. The van der Waals surface area contributed by atoms with Crippen LogP contribution >= 0.6 is 0 Å². The van der Waals surface area contributed by atoms with Crippen molar-refractivity contribution >= 4 is 22.6 Å². The molecule has 1 N–H and O–H groups in total. The molecule has 1 fully saturated rings. The van der Waals surface area contributed by atoms with E-state index in [1.165, 1.54) is 0 Å². The summed E-state index contributed by atoms with van der Waals surface area (Å²) in [6.07, 6.45) is 11.1. The van der Waals surface area contributed by atoms with Gasteiger partial charge >= 0.3 is 0 Å². The molecule has 0 saturated heterocycles. The summed E-state index contributed by atoms with van der Waals surface area (Å²) < 4.78 is 7.14. The zero-order valence-electron chi connectivity index (χ0n) is 15.6. The number of carbonyl (C=O) groups is 1. The molecular weight excluding hydrogens is 342 g/mol. The van der Waals surface area contributed by atoms with Crippen LogP contribution in [0.1, 0.15) is 25.7 Å². The van der Waals surface area contributed by atoms with Crippen LogP contribution in [0.5, 0.6) is 0 Å². The van der Waals surface area contributed by atoms with Gasteiger partial charge in [-0.3, -0.25) is 14.5 Å². The number of aromatic nitrogens is 4. The fraction of sp³-hybridized carbons (Fsp3) is 0.400. The second-order valence-electron chi connectivity index (χ2n) is 7.09. The van der Waals surface area contributed by atoms with Crippen molar-refractivity contribution in [2.24, 2.45) is 13.0 Å². The topological polar surface area (TPSA) is 81.9 Å². The lowest BCUT2D eigenvalue weighted by molar-refractivity contribution is -0.121. The van der Waals surface area contributed by atoms with Crippen molar-refractivity contribution in [2.75, 3.05) is 12.4 Å². The number of anilines is 1. The average Bonchev–Trinajstić information content (AvgIpc) is 3.14. The minimum atomic E-state index is 0.0220. The summed E-state index contributed by atoms with van der Waals surface area (Å²) in [4.78, 5) is 21.4. The van der Waals surface area contributed by atoms with Crippen molar-refractivity contribution in [3.63, 3.8) is 0 Å². The lowest BCUT2D eigenvalue weighted by atomic mass is 9.87. The predicted molar refractivity (Wildman–Crippen MR) is 103 cm³/mol. The minimum Gasteiger partial charge on any atom is -0.381 e. The van der Waals surface area contributed by atoms with E-state index in [9.17, 15) is 4.79 Å². The van der Waals surface area contributed by atoms with E-state index < -0.39 is 0 Å². The molecule has 0 atom stereocenters. The molecule has 0 aromatic carbocycles. The third-order valence-electron chi connectivity index (χ3n) is 5.24. The van der Waals surface area contributed by atoms with Gasteiger partial charge in [0, 0.05) is 49.0 Å². The van der Waals surface area contributed by atoms with Gasteiger partial charge in [0.2, 0.25) is 5.91 Å². The number of fused-ring (bicyclic) bond motifs is 1. The van der Waals surface area contributed by atoms with Crippen molar-refractivity contribution in [1.29, 1.82) is 0 Å². The number of amides is 1. The summed E-state index contributed by atoms with van der Waals surface area (Å²) in [5.74, 6) is 0.619. The summed E-state index contributed by atoms with van der Waals surface area (Å²) in [5, 5.41) is 8.10. The fourth-order valence-corrected chi connectivity index (χ4v) is 3.62. The number of aryl methyl sites for hydroxylation is 1. The van der Waals surface area contributed by atoms with Crippen molar-refractivity contribution in [1.82, 2.24) is 19.7 Å². The molecule has 0 radical (unpaired) electrons. The second kappa shape index (κ2) is 7.44. The second-order valence-corrected chi connectivity index (χ2v) is 7.09. The molecule has 3 heterocycles. The first kappa shape index (κ1) is 17.6. The highest BCUT2D eigenvalue weighted by molar-refractivity contribution is 5.94. The maximum atomic E-state index is 12.6. The molecule has 1 aliphatic carbocycles. The number of hydrogen-bond acceptors (Lipinski definition) is 5. The quantitative estimate of drug-likeness (QED) is 0.768. The minimum absolute atomic E-state index is 0.0220. The standard InChI is InChI=1S/C20H23N5O2/c1-25-12-16(10-23-25)15-7-14-8-19(22-11-18(14)21-9-15)24-20(26)13-3-5-17(27-2)6-4-13/h7-13,17H,3-6H2,1-2H3,(H,22,24,26). The Bertz CT molecular complexity index is 960. The Kier molecular flexibility index (Phi) is 4.85. The molecule has 0 unspecified atom stereocenters. The molecule has 0 bridgehead atoms. The van der Waals surface area contributed by atoms with Gasteiger partial charge in [0.05, 0.1) is 24.0 Å². The van der Waals surface area contributed by atoms with Crippen LogP contribution in [-0.4, -0.2) is 38.9 Å². The summed E-state index contributed by atoms with van der Waals surface area (Å²) in [6, 6.07) is 3.92. The number of nitrogens with one attached hydrogen (secondary N) is 1. The highest BCUT2D eigenvalue weighted by Gasteiger charge is 2.26. The third kappa shape index (κ3) is 3.83. The van der Waals surface area contributed by atoms with Crippen LogP contribution in [0.25, 0.3) is 22.0 Å². The zero-order valence-corrected chi connectivity index (χ0v) is 15.6. The number of methoxy groups -OCH3 is 1. The van der Waals surface area contributed by atoms with E-state index in [0.717, 1.165) is 47.7 Å². The fourth-order valence-electron chi connectivity index (χ4n) is 3.62. The third-order valence-corrected chi connectivity index (χ3v) is 5.24. The van der Waals surface area contributed by atoms with Crippen molar-refractivity contribution < 1.29 is 9.53 Å². The Morgan fingerprint density at radius 3 is 2.63 bits per heavy atom. The molecular formula is C20H23N5O2. The van der Waals surface area contributed by atoms with Crippen molar-refractivity contribution in [3.05, 3.63) is 36.9 Å². The Morgan fingerprint density at radius 2 is 1.93 bits per heavy atom. The van der Waals surface area contributed by atoms with Crippen LogP contribution in [0.15, 0.2) is 36.9 Å². The Morgan fingerprint density at radius 1 is 1.11 bits per heavy atom. The van der Waals surface area contributed by atoms with Crippen LogP contribution < -0.4 is 5.32 Å². The molecule has 7 nitrogen and oxygen atoms in total. The highest BCUT2D eigenvalue weighted by atomic mass is 16.5. The monoisotopic (exact) mass is 365 g/mol. The van der Waals surface area contributed by atoms with Gasteiger partial charge < -0.3 is 10.1 Å². The van der Waals surface area contributed by atoms with Gasteiger partial charge in [0.15, 0.2) is 0 Å². The summed E-state index contributed by atoms with van der Waals surface area (Å²) in [5.41, 5.74) is 2.78. The summed E-state index contributed by atoms with van der Waals surface area (Å²) in [7, 11) is 3.62. The molecule has 1 saturated carbocycles. The van der Waals surface area contributed by atoms with Gasteiger partial charge in [-0.1, -0.05) is 0 Å². The maximum absolute atomic E-state index is 12.6. The van der Waals surface area contributed by atoms with E-state index in [2.05, 4.69) is 20.4 Å². The van der Waals surface area contributed by atoms with Gasteiger partial charge in [0.1, 0.15) is 5.82 Å². The molecule has 4 rings (SSSR count). The van der Waals surface area contributed by atoms with E-state index in [1.807, 2.05) is 37.8 Å². The molecule has 0 aliphatic heterocycles. The van der Waals surface area contributed by atoms with E-state index in [0.29, 0.717) is 5.82 Å². The molecule has 3 aromatic rings. The summed E-state index contributed by atoms with van der Waals surface area (Å²) >= 11 is 0. The molecule has 140 valence electrons. The smallest absolute Gasteiger partial charge is 0.228 e. The number of nitrogens with zero attached hydrogens (tertiary/aromatic N) is 4. The molecule has 1 aliphatic rings.